The summed E-state index contributed by atoms with van der Waals surface area (Å²) in [6.07, 6.45) is -0.0499. The summed E-state index contributed by atoms with van der Waals surface area (Å²) in [5.74, 6) is -0.439. The maximum Gasteiger partial charge on any atom is 0.326 e. The van der Waals surface area contributed by atoms with E-state index < -0.39 is 11.6 Å². The molecule has 0 aliphatic carbocycles. The van der Waals surface area contributed by atoms with Crippen LogP contribution in [0.1, 0.15) is 33.6 Å². The summed E-state index contributed by atoms with van der Waals surface area (Å²) >= 11 is 0. The number of urea groups is 1. The Balaban J connectivity index is 2.36. The zero-order valence-electron chi connectivity index (χ0n) is 12.5. The molecule has 1 unspecified atom stereocenters. The normalized spacial score (nSPS) is 17.6. The van der Waals surface area contributed by atoms with Crippen molar-refractivity contribution >= 4 is 17.8 Å². The van der Waals surface area contributed by atoms with Crippen LogP contribution in [-0.4, -0.2) is 64.5 Å². The van der Waals surface area contributed by atoms with Crippen molar-refractivity contribution in [1.82, 2.24) is 15.1 Å². The largest absolute Gasteiger partial charge is 0.391 e. The molecule has 0 radical (unpaired) electrons. The van der Waals surface area contributed by atoms with E-state index in [0.717, 1.165) is 4.90 Å². The number of rotatable bonds is 6. The van der Waals surface area contributed by atoms with E-state index in [2.05, 4.69) is 5.32 Å². The summed E-state index contributed by atoms with van der Waals surface area (Å²) in [5, 5.41) is 12.2. The highest BCUT2D eigenvalue weighted by molar-refractivity contribution is 6.01. The second-order valence-corrected chi connectivity index (χ2v) is 5.73. The van der Waals surface area contributed by atoms with Crippen molar-refractivity contribution in [3.8, 4) is 0 Å². The van der Waals surface area contributed by atoms with Gasteiger partial charge in [-0.25, -0.2) is 4.79 Å². The van der Waals surface area contributed by atoms with Crippen molar-refractivity contribution in [2.45, 2.75) is 45.3 Å². The van der Waals surface area contributed by atoms with E-state index in [0.29, 0.717) is 6.42 Å². The fraction of sp³-hybridized carbons (Fsp3) is 0.769. The topological polar surface area (TPSA) is 89.9 Å². The van der Waals surface area contributed by atoms with Crippen molar-refractivity contribution in [3.63, 3.8) is 0 Å². The molecule has 0 aromatic rings. The highest BCUT2D eigenvalue weighted by Crippen LogP contribution is 2.11. The highest BCUT2D eigenvalue weighted by Gasteiger charge is 2.33. The molecule has 0 aromatic carbocycles. The van der Waals surface area contributed by atoms with Crippen LogP contribution in [0.3, 0.4) is 0 Å². The Morgan fingerprint density at radius 2 is 2.05 bits per heavy atom. The van der Waals surface area contributed by atoms with Gasteiger partial charge in [0.15, 0.2) is 0 Å². The van der Waals surface area contributed by atoms with E-state index in [-0.39, 0.29) is 37.4 Å². The molecule has 1 rings (SSSR count). The van der Waals surface area contributed by atoms with Gasteiger partial charge in [-0.15, -0.1) is 0 Å². The molecular formula is C13H23N3O4. The van der Waals surface area contributed by atoms with E-state index in [9.17, 15) is 19.5 Å². The van der Waals surface area contributed by atoms with Gasteiger partial charge < -0.3 is 15.3 Å². The van der Waals surface area contributed by atoms with Gasteiger partial charge >= 0.3 is 6.03 Å². The number of hydrogen-bond acceptors (Lipinski definition) is 4. The lowest BCUT2D eigenvalue weighted by Gasteiger charge is -2.29. The second kappa shape index (κ2) is 6.21. The number of carbonyl (C=O) groups excluding carboxylic acids is 3. The summed E-state index contributed by atoms with van der Waals surface area (Å²) in [7, 11) is 1.57. The fourth-order valence-electron chi connectivity index (χ4n) is 1.81. The van der Waals surface area contributed by atoms with Crippen LogP contribution in [0.25, 0.3) is 0 Å². The first kappa shape index (κ1) is 16.4. The van der Waals surface area contributed by atoms with Gasteiger partial charge in [-0.2, -0.15) is 0 Å². The number of amides is 4. The molecule has 1 heterocycles. The molecule has 7 heteroatoms. The summed E-state index contributed by atoms with van der Waals surface area (Å²) in [6.45, 7) is 5.42. The molecule has 0 spiro atoms. The molecule has 1 aliphatic heterocycles. The number of nitrogens with one attached hydrogen (secondary N) is 1. The number of carbonyl (C=O) groups is 3. The second-order valence-electron chi connectivity index (χ2n) is 5.73. The standard InChI is InChI=1S/C13H23N3O4/c1-9(17)13(2,3)14-10(18)6-5-7-16-11(19)8-15(4)12(16)20/h9,17H,5-8H2,1-4H3,(H,14,18). The van der Waals surface area contributed by atoms with Crippen LogP contribution >= 0.6 is 0 Å². The first-order valence-corrected chi connectivity index (χ1v) is 6.69. The van der Waals surface area contributed by atoms with E-state index in [4.69, 9.17) is 0 Å². The lowest BCUT2D eigenvalue weighted by Crippen LogP contribution is -2.51. The number of aliphatic hydroxyl groups excluding tert-OH is 1. The van der Waals surface area contributed by atoms with Gasteiger partial charge in [0.05, 0.1) is 11.6 Å². The third kappa shape index (κ3) is 3.93. The molecule has 114 valence electrons. The lowest BCUT2D eigenvalue weighted by molar-refractivity contribution is -0.127. The third-order valence-corrected chi connectivity index (χ3v) is 3.52. The number of aliphatic hydroxyl groups is 1. The predicted octanol–water partition coefficient (Wildman–Crippen LogP) is -0.0638. The SMILES string of the molecule is CC(O)C(C)(C)NC(=O)CCCN1C(=O)CN(C)C1=O. The number of likely N-dealkylation sites (N-methyl/N-ethyl adjacent to an activating group) is 1. The molecule has 7 nitrogen and oxygen atoms in total. The summed E-state index contributed by atoms with van der Waals surface area (Å²) in [4.78, 5) is 37.4. The number of hydrogen-bond donors (Lipinski definition) is 2. The van der Waals surface area contributed by atoms with Crippen LogP contribution < -0.4 is 5.32 Å². The average Bonchev–Trinajstić information content (AvgIpc) is 2.54. The van der Waals surface area contributed by atoms with Crippen molar-refractivity contribution in [3.05, 3.63) is 0 Å². The maximum atomic E-state index is 11.7. The molecule has 0 aromatic heterocycles. The molecule has 1 aliphatic rings. The van der Waals surface area contributed by atoms with Crippen LogP contribution in [0.4, 0.5) is 4.79 Å². The van der Waals surface area contributed by atoms with Crippen molar-refractivity contribution in [2.75, 3.05) is 20.1 Å². The maximum absolute atomic E-state index is 11.7. The van der Waals surface area contributed by atoms with Gasteiger partial charge in [0.2, 0.25) is 11.8 Å². The Bertz CT molecular complexity index is 406. The van der Waals surface area contributed by atoms with Gasteiger partial charge in [0.25, 0.3) is 0 Å². The summed E-state index contributed by atoms with van der Waals surface area (Å²) in [5.41, 5.74) is -0.698. The molecule has 4 amide bonds. The van der Waals surface area contributed by atoms with Crippen LogP contribution in [0.2, 0.25) is 0 Å². The summed E-state index contributed by atoms with van der Waals surface area (Å²) in [6, 6.07) is -0.320. The smallest absolute Gasteiger partial charge is 0.326 e. The first-order valence-electron chi connectivity index (χ1n) is 6.69. The minimum absolute atomic E-state index is 0.0973. The van der Waals surface area contributed by atoms with Crippen molar-refractivity contribution in [2.24, 2.45) is 0 Å². The van der Waals surface area contributed by atoms with Crippen molar-refractivity contribution < 1.29 is 19.5 Å². The Morgan fingerprint density at radius 1 is 1.45 bits per heavy atom. The average molecular weight is 285 g/mol. The molecule has 0 saturated carbocycles. The molecule has 2 N–H and O–H groups in total. The minimum atomic E-state index is -0.698. The zero-order chi connectivity index (χ0) is 15.5. The van der Waals surface area contributed by atoms with Crippen LogP contribution in [0, 0.1) is 0 Å². The van der Waals surface area contributed by atoms with Crippen LogP contribution in [0.15, 0.2) is 0 Å². The van der Waals surface area contributed by atoms with E-state index in [1.807, 2.05) is 0 Å². The molecule has 20 heavy (non-hydrogen) atoms. The van der Waals surface area contributed by atoms with Gasteiger partial charge in [0, 0.05) is 20.0 Å². The Hall–Kier alpha value is -1.63. The number of imide groups is 1. The molecular weight excluding hydrogens is 262 g/mol. The van der Waals surface area contributed by atoms with Crippen molar-refractivity contribution in [1.29, 1.82) is 0 Å². The van der Waals surface area contributed by atoms with Gasteiger partial charge in [-0.1, -0.05) is 0 Å². The Morgan fingerprint density at radius 3 is 2.50 bits per heavy atom. The van der Waals surface area contributed by atoms with Gasteiger partial charge in [-0.3, -0.25) is 14.5 Å². The monoisotopic (exact) mass is 285 g/mol. The van der Waals surface area contributed by atoms with Crippen LogP contribution in [0.5, 0.6) is 0 Å². The lowest BCUT2D eigenvalue weighted by atomic mass is 9.98. The number of nitrogens with zero attached hydrogens (tertiary/aromatic N) is 2. The molecule has 0 bridgehead atoms. The zero-order valence-corrected chi connectivity index (χ0v) is 12.5. The van der Waals surface area contributed by atoms with E-state index >= 15 is 0 Å². The van der Waals surface area contributed by atoms with E-state index in [1.54, 1.807) is 27.8 Å². The summed E-state index contributed by atoms with van der Waals surface area (Å²) < 4.78 is 0. The molecule has 1 saturated heterocycles. The Labute approximate surface area is 118 Å². The van der Waals surface area contributed by atoms with Gasteiger partial charge in [-0.05, 0) is 27.2 Å². The fourth-order valence-corrected chi connectivity index (χ4v) is 1.81. The Kier molecular flexibility index (Phi) is 5.10. The third-order valence-electron chi connectivity index (χ3n) is 3.52. The van der Waals surface area contributed by atoms with E-state index in [1.165, 1.54) is 4.90 Å². The van der Waals surface area contributed by atoms with Crippen LogP contribution in [-0.2, 0) is 9.59 Å². The molecule has 1 atom stereocenters. The predicted molar refractivity (Wildman–Crippen MR) is 72.9 cm³/mol. The molecule has 1 fully saturated rings. The minimum Gasteiger partial charge on any atom is -0.391 e. The quantitative estimate of drug-likeness (QED) is 0.669. The highest BCUT2D eigenvalue weighted by atomic mass is 16.3. The van der Waals surface area contributed by atoms with Gasteiger partial charge in [0.1, 0.15) is 6.54 Å². The first-order chi connectivity index (χ1) is 9.15.